The van der Waals surface area contributed by atoms with Crippen molar-refractivity contribution in [3.8, 4) is 11.5 Å². The zero-order valence-corrected chi connectivity index (χ0v) is 22.2. The van der Waals surface area contributed by atoms with Crippen molar-refractivity contribution >= 4 is 11.4 Å². The molecule has 1 aliphatic carbocycles. The summed E-state index contributed by atoms with van der Waals surface area (Å²) in [6, 6.07) is 25.3. The minimum atomic E-state index is 0.148. The second kappa shape index (κ2) is 10.7. The van der Waals surface area contributed by atoms with Gasteiger partial charge in [-0.05, 0) is 72.4 Å². The Morgan fingerprint density at radius 2 is 1.43 bits per heavy atom. The van der Waals surface area contributed by atoms with Crippen LogP contribution in [0.15, 0.2) is 66.7 Å². The van der Waals surface area contributed by atoms with Crippen molar-refractivity contribution in [3.05, 3.63) is 83.4 Å². The second-order valence-corrected chi connectivity index (χ2v) is 10.7. The number of methoxy groups -OCH3 is 2. The summed E-state index contributed by atoms with van der Waals surface area (Å²) < 4.78 is 11.1. The molecule has 5 nitrogen and oxygen atoms in total. The van der Waals surface area contributed by atoms with E-state index in [1.807, 2.05) is 6.07 Å². The van der Waals surface area contributed by atoms with Crippen LogP contribution in [0.4, 0.5) is 11.4 Å². The Kier molecular flexibility index (Phi) is 6.97. The van der Waals surface area contributed by atoms with Gasteiger partial charge in [0.05, 0.1) is 20.3 Å². The second-order valence-electron chi connectivity index (χ2n) is 10.7. The maximum Gasteiger partial charge on any atom is 0.120 e. The summed E-state index contributed by atoms with van der Waals surface area (Å²) in [5.74, 6) is 1.82. The number of rotatable bonds is 6. The number of hydrogen-bond acceptors (Lipinski definition) is 5. The van der Waals surface area contributed by atoms with E-state index in [-0.39, 0.29) is 6.04 Å². The molecule has 5 heteroatoms. The van der Waals surface area contributed by atoms with Gasteiger partial charge in [-0.1, -0.05) is 37.1 Å². The third-order valence-electron chi connectivity index (χ3n) is 8.69. The molecule has 6 rings (SSSR count). The predicted molar refractivity (Wildman–Crippen MR) is 151 cm³/mol. The summed E-state index contributed by atoms with van der Waals surface area (Å²) in [6.45, 7) is 5.57. The zero-order valence-electron chi connectivity index (χ0n) is 22.2. The van der Waals surface area contributed by atoms with Gasteiger partial charge in [0.15, 0.2) is 0 Å². The fourth-order valence-corrected chi connectivity index (χ4v) is 6.64. The Hall–Kier alpha value is -3.18. The average molecular weight is 498 g/mol. The summed E-state index contributed by atoms with van der Waals surface area (Å²) in [5, 5.41) is 0. The van der Waals surface area contributed by atoms with Gasteiger partial charge in [0.2, 0.25) is 0 Å². The van der Waals surface area contributed by atoms with Crippen molar-refractivity contribution in [1.29, 1.82) is 0 Å². The molecule has 2 fully saturated rings. The molecule has 3 aromatic rings. The Labute approximate surface area is 221 Å². The summed E-state index contributed by atoms with van der Waals surface area (Å²) in [5.41, 5.74) is 6.58. The number of hydrogen-bond donors (Lipinski definition) is 0. The van der Waals surface area contributed by atoms with Gasteiger partial charge in [-0.25, -0.2) is 0 Å². The van der Waals surface area contributed by atoms with Crippen LogP contribution < -0.4 is 19.3 Å². The van der Waals surface area contributed by atoms with Crippen molar-refractivity contribution in [2.45, 2.75) is 44.2 Å². The van der Waals surface area contributed by atoms with Gasteiger partial charge in [-0.3, -0.25) is 4.90 Å². The van der Waals surface area contributed by atoms with Gasteiger partial charge in [-0.2, -0.15) is 0 Å². The first-order chi connectivity index (χ1) is 18.2. The van der Waals surface area contributed by atoms with Crippen LogP contribution >= 0.6 is 0 Å². The smallest absolute Gasteiger partial charge is 0.120 e. The lowest BCUT2D eigenvalue weighted by Crippen LogP contribution is -2.49. The van der Waals surface area contributed by atoms with Gasteiger partial charge >= 0.3 is 0 Å². The molecule has 194 valence electrons. The van der Waals surface area contributed by atoms with Crippen LogP contribution in [-0.2, 0) is 6.42 Å². The third kappa shape index (κ3) is 4.89. The van der Waals surface area contributed by atoms with E-state index in [4.69, 9.17) is 9.47 Å². The van der Waals surface area contributed by atoms with E-state index >= 15 is 0 Å². The van der Waals surface area contributed by atoms with Crippen molar-refractivity contribution in [1.82, 2.24) is 4.90 Å². The molecule has 0 aromatic heterocycles. The predicted octanol–water partition coefficient (Wildman–Crippen LogP) is 5.92. The number of ether oxygens (including phenoxy) is 2. The van der Waals surface area contributed by atoms with Crippen LogP contribution in [0, 0.1) is 0 Å². The number of fused-ring (bicyclic) bond motifs is 1. The largest absolute Gasteiger partial charge is 0.497 e. The molecule has 37 heavy (non-hydrogen) atoms. The Bertz CT molecular complexity index is 1200. The summed E-state index contributed by atoms with van der Waals surface area (Å²) in [6.07, 6.45) is 6.61. The summed E-state index contributed by atoms with van der Waals surface area (Å²) in [7, 11) is 3.48. The molecule has 3 aliphatic rings. The molecule has 0 N–H and O–H groups in total. The molecule has 0 radical (unpaired) electrons. The van der Waals surface area contributed by atoms with Gasteiger partial charge in [0.1, 0.15) is 11.5 Å². The van der Waals surface area contributed by atoms with E-state index in [0.717, 1.165) is 43.6 Å². The standard InChI is InChI=1S/C32H39N3O2/c1-36-29-9-5-8-28(23-29)35-17-16-25-22-30(37-2)14-15-31(25)32(35)24-10-12-27(13-11-24)34-20-18-33(19-21-34)26-6-3-4-7-26/h5,8-15,22-23,26,32H,3-4,6-7,16-21H2,1-2H3. The Balaban J connectivity index is 1.27. The van der Waals surface area contributed by atoms with E-state index in [1.54, 1.807) is 14.2 Å². The molecular weight excluding hydrogens is 458 g/mol. The highest BCUT2D eigenvalue weighted by molar-refractivity contribution is 5.60. The van der Waals surface area contributed by atoms with Crippen molar-refractivity contribution in [2.75, 3.05) is 56.7 Å². The van der Waals surface area contributed by atoms with E-state index in [0.29, 0.717) is 0 Å². The molecule has 1 saturated carbocycles. The first-order valence-corrected chi connectivity index (χ1v) is 13.9. The van der Waals surface area contributed by atoms with E-state index in [9.17, 15) is 0 Å². The maximum absolute atomic E-state index is 5.56. The third-order valence-corrected chi connectivity index (χ3v) is 8.69. The minimum absolute atomic E-state index is 0.148. The summed E-state index contributed by atoms with van der Waals surface area (Å²) >= 11 is 0. The quantitative estimate of drug-likeness (QED) is 0.422. The molecule has 2 heterocycles. The fraction of sp³-hybridized carbons (Fsp3) is 0.438. The monoisotopic (exact) mass is 497 g/mol. The Morgan fingerprint density at radius 1 is 0.703 bits per heavy atom. The zero-order chi connectivity index (χ0) is 25.2. The highest BCUT2D eigenvalue weighted by Gasteiger charge is 2.30. The van der Waals surface area contributed by atoms with Crippen LogP contribution in [0.3, 0.4) is 0 Å². The first-order valence-electron chi connectivity index (χ1n) is 13.9. The molecule has 2 aliphatic heterocycles. The van der Waals surface area contributed by atoms with E-state index < -0.39 is 0 Å². The molecule has 0 bridgehead atoms. The highest BCUT2D eigenvalue weighted by atomic mass is 16.5. The van der Waals surface area contributed by atoms with Crippen molar-refractivity contribution in [3.63, 3.8) is 0 Å². The van der Waals surface area contributed by atoms with Gasteiger partial charge in [-0.15, -0.1) is 0 Å². The topological polar surface area (TPSA) is 28.2 Å². The molecule has 3 aromatic carbocycles. The number of piperazine rings is 1. The molecule has 0 spiro atoms. The fourth-order valence-electron chi connectivity index (χ4n) is 6.64. The van der Waals surface area contributed by atoms with Gasteiger partial charge < -0.3 is 19.3 Å². The van der Waals surface area contributed by atoms with Crippen LogP contribution in [0.25, 0.3) is 0 Å². The molecule has 1 unspecified atom stereocenters. The highest BCUT2D eigenvalue weighted by Crippen LogP contribution is 2.40. The average Bonchev–Trinajstić information content (AvgIpc) is 3.52. The minimum Gasteiger partial charge on any atom is -0.497 e. The lowest BCUT2D eigenvalue weighted by Gasteiger charge is -2.40. The van der Waals surface area contributed by atoms with Crippen LogP contribution in [-0.4, -0.2) is 57.9 Å². The van der Waals surface area contributed by atoms with Gasteiger partial charge in [0.25, 0.3) is 0 Å². The van der Waals surface area contributed by atoms with Crippen molar-refractivity contribution < 1.29 is 9.47 Å². The molecule has 0 amide bonds. The van der Waals surface area contributed by atoms with E-state index in [1.165, 1.54) is 66.8 Å². The lowest BCUT2D eigenvalue weighted by atomic mass is 9.87. The molecular formula is C32H39N3O2. The first kappa shape index (κ1) is 24.2. The normalized spacial score (nSPS) is 20.6. The SMILES string of the molecule is COc1cccc(N2CCc3cc(OC)ccc3C2c2ccc(N3CCN(C4CCCC4)CC3)cc2)c1. The van der Waals surface area contributed by atoms with E-state index in [2.05, 4.69) is 75.4 Å². The van der Waals surface area contributed by atoms with Crippen molar-refractivity contribution in [2.24, 2.45) is 0 Å². The maximum atomic E-state index is 5.56. The lowest BCUT2D eigenvalue weighted by molar-refractivity contribution is 0.187. The van der Waals surface area contributed by atoms with Crippen LogP contribution in [0.1, 0.15) is 48.4 Å². The van der Waals surface area contributed by atoms with Crippen LogP contribution in [0.5, 0.6) is 11.5 Å². The van der Waals surface area contributed by atoms with Crippen LogP contribution in [0.2, 0.25) is 0 Å². The molecule has 1 atom stereocenters. The van der Waals surface area contributed by atoms with Gasteiger partial charge in [0, 0.05) is 56.2 Å². The number of nitrogens with zero attached hydrogens (tertiary/aromatic N) is 3. The number of benzene rings is 3. The Morgan fingerprint density at radius 3 is 2.16 bits per heavy atom. The molecule has 1 saturated heterocycles. The summed E-state index contributed by atoms with van der Waals surface area (Å²) in [4.78, 5) is 7.82. The number of anilines is 2.